The third-order valence-corrected chi connectivity index (χ3v) is 3.35. The Morgan fingerprint density at radius 2 is 2.06 bits per heavy atom. The predicted octanol–water partition coefficient (Wildman–Crippen LogP) is 2.61. The number of nitrogens with one attached hydrogen (secondary N) is 1. The molecule has 0 fully saturated rings. The van der Waals surface area contributed by atoms with Crippen LogP contribution in [-0.2, 0) is 23.1 Å². The van der Waals surface area contributed by atoms with Gasteiger partial charge in [0, 0.05) is 13.7 Å². The van der Waals surface area contributed by atoms with E-state index in [0.717, 1.165) is 12.5 Å². The molecule has 6 nitrogen and oxygen atoms in total. The highest BCUT2D eigenvalue weighted by Crippen LogP contribution is 2.44. The standard InChI is InChI=1S/C11H22NO5P/c1-6-7-12-18(14,15-5)17-10(4)8-11(13)16-9(2)3/h8-9H,6-7H2,1-5H3,(H,12,14)/b10-8+. The Kier molecular flexibility index (Phi) is 7.91. The molecule has 0 saturated carbocycles. The Bertz CT molecular complexity index is 340. The number of rotatable bonds is 8. The lowest BCUT2D eigenvalue weighted by Gasteiger charge is -2.17. The van der Waals surface area contributed by atoms with Gasteiger partial charge in [-0.05, 0) is 27.2 Å². The molecule has 0 saturated heterocycles. The summed E-state index contributed by atoms with van der Waals surface area (Å²) in [7, 11) is -2.11. The maximum absolute atomic E-state index is 12.0. The highest BCUT2D eigenvalue weighted by atomic mass is 31.2. The number of ether oxygens (including phenoxy) is 1. The molecule has 0 aliphatic heterocycles. The van der Waals surface area contributed by atoms with Crippen LogP contribution >= 0.6 is 7.75 Å². The van der Waals surface area contributed by atoms with E-state index in [1.165, 1.54) is 14.0 Å². The van der Waals surface area contributed by atoms with Crippen LogP contribution in [0.25, 0.3) is 0 Å². The van der Waals surface area contributed by atoms with Crippen molar-refractivity contribution in [3.63, 3.8) is 0 Å². The summed E-state index contributed by atoms with van der Waals surface area (Å²) in [6.45, 7) is 7.42. The molecule has 18 heavy (non-hydrogen) atoms. The fourth-order valence-corrected chi connectivity index (χ4v) is 2.23. The van der Waals surface area contributed by atoms with Crippen LogP contribution in [0.4, 0.5) is 0 Å². The molecule has 1 unspecified atom stereocenters. The quantitative estimate of drug-likeness (QED) is 0.318. The zero-order valence-corrected chi connectivity index (χ0v) is 12.5. The van der Waals surface area contributed by atoms with Gasteiger partial charge in [0.1, 0.15) is 5.76 Å². The average molecular weight is 279 g/mol. The number of carbonyl (C=O) groups is 1. The summed E-state index contributed by atoms with van der Waals surface area (Å²) < 4.78 is 26.8. The molecule has 7 heteroatoms. The van der Waals surface area contributed by atoms with Crippen molar-refractivity contribution in [2.45, 2.75) is 40.2 Å². The average Bonchev–Trinajstić information content (AvgIpc) is 2.24. The number of carbonyl (C=O) groups excluding carboxylic acids is 1. The summed E-state index contributed by atoms with van der Waals surface area (Å²) >= 11 is 0. The minimum atomic E-state index is -3.39. The number of hydrogen-bond donors (Lipinski definition) is 1. The summed E-state index contributed by atoms with van der Waals surface area (Å²) in [4.78, 5) is 11.3. The minimum absolute atomic E-state index is 0.175. The van der Waals surface area contributed by atoms with Crippen molar-refractivity contribution in [1.29, 1.82) is 0 Å². The number of allylic oxidation sites excluding steroid dienone is 1. The summed E-state index contributed by atoms with van der Waals surface area (Å²) in [5.74, 6) is -0.366. The van der Waals surface area contributed by atoms with Gasteiger partial charge in [-0.2, -0.15) is 0 Å². The predicted molar refractivity (Wildman–Crippen MR) is 69.0 cm³/mol. The zero-order valence-electron chi connectivity index (χ0n) is 11.6. The first kappa shape index (κ1) is 17.2. The molecule has 0 bridgehead atoms. The van der Waals surface area contributed by atoms with Crippen LogP contribution in [0.15, 0.2) is 11.8 Å². The van der Waals surface area contributed by atoms with Crippen LogP contribution in [0.2, 0.25) is 0 Å². The molecule has 0 aliphatic carbocycles. The van der Waals surface area contributed by atoms with E-state index in [9.17, 15) is 9.36 Å². The van der Waals surface area contributed by atoms with Crippen LogP contribution in [0.5, 0.6) is 0 Å². The van der Waals surface area contributed by atoms with E-state index in [4.69, 9.17) is 13.8 Å². The molecule has 0 amide bonds. The van der Waals surface area contributed by atoms with E-state index in [2.05, 4.69) is 5.09 Å². The maximum Gasteiger partial charge on any atom is 0.458 e. The Labute approximate surface area is 108 Å². The second kappa shape index (κ2) is 8.29. The van der Waals surface area contributed by atoms with E-state index in [1.54, 1.807) is 13.8 Å². The van der Waals surface area contributed by atoms with Gasteiger partial charge in [0.05, 0.1) is 12.2 Å². The fourth-order valence-electron chi connectivity index (χ4n) is 1.03. The fraction of sp³-hybridized carbons (Fsp3) is 0.727. The van der Waals surface area contributed by atoms with Crippen molar-refractivity contribution in [2.24, 2.45) is 0 Å². The first-order chi connectivity index (χ1) is 8.33. The Morgan fingerprint density at radius 1 is 1.44 bits per heavy atom. The van der Waals surface area contributed by atoms with Crippen LogP contribution in [0.3, 0.4) is 0 Å². The van der Waals surface area contributed by atoms with Crippen LogP contribution in [0, 0.1) is 0 Å². The summed E-state index contributed by atoms with van der Waals surface area (Å²) in [6, 6.07) is 0. The molecule has 0 aliphatic rings. The van der Waals surface area contributed by atoms with E-state index in [1.807, 2.05) is 6.92 Å². The van der Waals surface area contributed by atoms with Crippen LogP contribution in [0.1, 0.15) is 34.1 Å². The summed E-state index contributed by atoms with van der Waals surface area (Å²) in [5, 5.41) is 2.66. The molecular weight excluding hydrogens is 257 g/mol. The van der Waals surface area contributed by atoms with Crippen LogP contribution < -0.4 is 5.09 Å². The highest BCUT2D eigenvalue weighted by Gasteiger charge is 2.23. The molecule has 0 spiro atoms. The monoisotopic (exact) mass is 279 g/mol. The van der Waals surface area contributed by atoms with Gasteiger partial charge < -0.3 is 9.26 Å². The second-order valence-electron chi connectivity index (χ2n) is 3.92. The Hall–Kier alpha value is -0.840. The van der Waals surface area contributed by atoms with Crippen molar-refractivity contribution in [3.05, 3.63) is 11.8 Å². The normalized spacial score (nSPS) is 15.3. The number of esters is 1. The van der Waals surface area contributed by atoms with Crippen molar-refractivity contribution >= 4 is 13.7 Å². The second-order valence-corrected chi connectivity index (χ2v) is 5.78. The van der Waals surface area contributed by atoms with Crippen molar-refractivity contribution in [2.75, 3.05) is 13.7 Å². The van der Waals surface area contributed by atoms with Gasteiger partial charge in [-0.3, -0.25) is 4.52 Å². The maximum atomic E-state index is 12.0. The smallest absolute Gasteiger partial charge is 0.458 e. The molecule has 0 radical (unpaired) electrons. The third-order valence-electron chi connectivity index (χ3n) is 1.73. The first-order valence-electron chi connectivity index (χ1n) is 5.82. The van der Waals surface area contributed by atoms with Gasteiger partial charge in [0.25, 0.3) is 0 Å². The Balaban J connectivity index is 4.50. The zero-order chi connectivity index (χ0) is 14.2. The van der Waals surface area contributed by atoms with Gasteiger partial charge in [-0.1, -0.05) is 6.92 Å². The SMILES string of the molecule is CCCNP(=O)(OC)O/C(C)=C/C(=O)OC(C)C. The lowest BCUT2D eigenvalue weighted by molar-refractivity contribution is -0.141. The topological polar surface area (TPSA) is 73.9 Å². The molecule has 0 heterocycles. The van der Waals surface area contributed by atoms with Crippen LogP contribution in [-0.4, -0.2) is 25.7 Å². The molecule has 106 valence electrons. The van der Waals surface area contributed by atoms with Gasteiger partial charge in [0.15, 0.2) is 0 Å². The summed E-state index contributed by atoms with van der Waals surface area (Å²) in [6.07, 6.45) is 1.71. The van der Waals surface area contributed by atoms with Gasteiger partial charge in [0.2, 0.25) is 0 Å². The van der Waals surface area contributed by atoms with E-state index in [-0.39, 0.29) is 11.9 Å². The van der Waals surface area contributed by atoms with E-state index < -0.39 is 13.7 Å². The van der Waals surface area contributed by atoms with Gasteiger partial charge >= 0.3 is 13.7 Å². The lowest BCUT2D eigenvalue weighted by atomic mass is 10.4. The van der Waals surface area contributed by atoms with Gasteiger partial charge in [-0.25, -0.2) is 14.4 Å². The van der Waals surface area contributed by atoms with Crippen molar-refractivity contribution in [3.8, 4) is 0 Å². The molecule has 1 atom stereocenters. The third kappa shape index (κ3) is 7.48. The molecule has 1 N–H and O–H groups in total. The largest absolute Gasteiger partial charge is 0.460 e. The first-order valence-corrected chi connectivity index (χ1v) is 7.36. The molecule has 0 aromatic heterocycles. The Morgan fingerprint density at radius 3 is 2.50 bits per heavy atom. The van der Waals surface area contributed by atoms with Gasteiger partial charge in [-0.15, -0.1) is 0 Å². The molecular formula is C11H22NO5P. The van der Waals surface area contributed by atoms with E-state index >= 15 is 0 Å². The molecule has 0 aromatic carbocycles. The van der Waals surface area contributed by atoms with Crippen molar-refractivity contribution < 1.29 is 23.1 Å². The summed E-state index contributed by atoms with van der Waals surface area (Å²) in [5.41, 5.74) is 0. The minimum Gasteiger partial charge on any atom is -0.460 e. The van der Waals surface area contributed by atoms with Crippen molar-refractivity contribution in [1.82, 2.24) is 5.09 Å². The molecule has 0 aromatic rings. The number of hydrogen-bond acceptors (Lipinski definition) is 5. The highest BCUT2D eigenvalue weighted by molar-refractivity contribution is 7.51. The lowest BCUT2D eigenvalue weighted by Crippen LogP contribution is -2.15. The van der Waals surface area contributed by atoms with E-state index in [0.29, 0.717) is 6.54 Å². The molecule has 0 rings (SSSR count).